The summed E-state index contributed by atoms with van der Waals surface area (Å²) in [6.45, 7) is -0.814. The molecule has 0 aliphatic rings. The van der Waals surface area contributed by atoms with Gasteiger partial charge in [-0.25, -0.2) is 0 Å². The molecule has 7 nitrogen and oxygen atoms in total. The minimum atomic E-state index is -8.26. The summed E-state index contributed by atoms with van der Waals surface area (Å²) in [5.41, 5.74) is -2.09. The van der Waals surface area contributed by atoms with E-state index in [0.29, 0.717) is 18.9 Å². The van der Waals surface area contributed by atoms with Gasteiger partial charge in [0.25, 0.3) is 5.69 Å². The van der Waals surface area contributed by atoms with Crippen molar-refractivity contribution in [3.63, 3.8) is 0 Å². The number of hydrogen-bond acceptors (Lipinski definition) is 6. The van der Waals surface area contributed by atoms with Gasteiger partial charge in [0.15, 0.2) is 11.5 Å². The molecule has 0 aromatic heterocycles. The van der Waals surface area contributed by atoms with E-state index in [0.717, 1.165) is 6.92 Å². The highest BCUT2D eigenvalue weighted by Crippen LogP contribution is 2.62. The Kier molecular flexibility index (Phi) is 17.4. The van der Waals surface area contributed by atoms with Crippen LogP contribution < -0.4 is 9.47 Å². The Morgan fingerprint density at radius 1 is 0.538 bits per heavy atom. The van der Waals surface area contributed by atoms with Gasteiger partial charge < -0.3 is 14.2 Å². The number of hydrogen-bond donors (Lipinski definition) is 0. The van der Waals surface area contributed by atoms with Gasteiger partial charge in [-0.1, -0.05) is 19.8 Å². The van der Waals surface area contributed by atoms with Crippen molar-refractivity contribution in [3.8, 4) is 11.5 Å². The van der Waals surface area contributed by atoms with Crippen molar-refractivity contribution >= 4 is 11.7 Å². The summed E-state index contributed by atoms with van der Waals surface area (Å²) in [6.07, 6.45) is -25.9. The van der Waals surface area contributed by atoms with Crippen molar-refractivity contribution in [1.29, 1.82) is 0 Å². The topological polar surface area (TPSA) is 87.9 Å². The zero-order valence-electron chi connectivity index (χ0n) is 32.0. The van der Waals surface area contributed by atoms with Crippen LogP contribution in [0.2, 0.25) is 0 Å². The summed E-state index contributed by atoms with van der Waals surface area (Å²) < 4.78 is 364. The van der Waals surface area contributed by atoms with Gasteiger partial charge in [0, 0.05) is 19.3 Å². The normalized spacial score (nSPS) is 15.2. The van der Waals surface area contributed by atoms with E-state index in [1.54, 1.807) is 6.92 Å². The number of esters is 1. The van der Waals surface area contributed by atoms with Crippen molar-refractivity contribution in [3.05, 3.63) is 27.8 Å². The number of carbonyl (C=O) groups is 1. The van der Waals surface area contributed by atoms with E-state index in [2.05, 4.69) is 0 Å². The molecule has 1 rings (SSSR count). The van der Waals surface area contributed by atoms with Gasteiger partial charge in [-0.15, -0.1) is 0 Å². The summed E-state index contributed by atoms with van der Waals surface area (Å²) in [4.78, 5) is 22.7. The van der Waals surface area contributed by atoms with Crippen LogP contribution >= 0.6 is 0 Å². The Bertz CT molecular complexity index is 1790. The molecule has 0 bridgehead atoms. The number of alkyl halides is 26. The van der Waals surface area contributed by atoms with E-state index in [9.17, 15) is 129 Å². The second-order valence-electron chi connectivity index (χ2n) is 13.6. The molecule has 0 heterocycles. The summed E-state index contributed by atoms with van der Waals surface area (Å²) >= 11 is 0. The van der Waals surface area contributed by atoms with Gasteiger partial charge in [-0.3, -0.25) is 14.9 Å². The Hall–Kier alpha value is -4.13. The van der Waals surface area contributed by atoms with E-state index >= 15 is 0 Å². The summed E-state index contributed by atoms with van der Waals surface area (Å²) in [6, 6.07) is 0.448. The average Bonchev–Trinajstić information content (AvgIpc) is 3.13. The molecule has 0 aliphatic heterocycles. The highest BCUT2D eigenvalue weighted by atomic mass is 19.4. The third-order valence-electron chi connectivity index (χ3n) is 8.80. The number of rotatable bonds is 25. The predicted octanol–water partition coefficient (Wildman–Crippen LogP) is 13.6. The number of nitro groups is 1. The van der Waals surface area contributed by atoms with Gasteiger partial charge in [0.05, 0.1) is 29.8 Å². The van der Waals surface area contributed by atoms with Gasteiger partial charge in [-0.05, 0) is 32.3 Å². The Morgan fingerprint density at radius 3 is 1.20 bits per heavy atom. The van der Waals surface area contributed by atoms with Gasteiger partial charge in [-0.2, -0.15) is 114 Å². The van der Waals surface area contributed by atoms with E-state index in [1.165, 1.54) is 0 Å². The van der Waals surface area contributed by atoms with E-state index in [1.807, 2.05) is 0 Å². The number of benzene rings is 1. The molecule has 1 unspecified atom stereocenters. The molecular weight excluding hydrogens is 988 g/mol. The maximum atomic E-state index is 14.3. The fourth-order valence-electron chi connectivity index (χ4n) is 4.98. The van der Waals surface area contributed by atoms with Gasteiger partial charge in [0.1, 0.15) is 6.10 Å². The van der Waals surface area contributed by atoms with E-state index in [-0.39, 0.29) is 18.9 Å². The summed E-state index contributed by atoms with van der Waals surface area (Å²) in [5.74, 6) is -81.4. The molecule has 0 aliphatic carbocycles. The second-order valence-corrected chi connectivity index (χ2v) is 13.6. The first kappa shape index (κ1) is 58.9. The Morgan fingerprint density at radius 2 is 0.877 bits per heavy atom. The minimum absolute atomic E-state index is 0.124. The van der Waals surface area contributed by atoms with Crippen LogP contribution in [0.5, 0.6) is 11.5 Å². The zero-order chi connectivity index (χ0) is 51.6. The van der Waals surface area contributed by atoms with Crippen LogP contribution in [0.25, 0.3) is 0 Å². The zero-order valence-corrected chi connectivity index (χ0v) is 32.0. The van der Waals surface area contributed by atoms with Crippen molar-refractivity contribution < 1.29 is 138 Å². The SMILES string of the molecule is CCCCCC(=O)OC(C)c1cc(OCCCC(F)(F)C(F)(F)C(F)(F)C(F)(F)C(F)(F)C(F)(F)F)c(OCCCC(F)(F)C(F)(F)C(F)(F)C(F)(F)C(F)(F)C(F)(F)F)cc1[N+](=O)[O-]. The largest absolute Gasteiger partial charge is 0.490 e. The van der Waals surface area contributed by atoms with Crippen molar-refractivity contribution in [2.24, 2.45) is 0 Å². The molecule has 0 N–H and O–H groups in total. The maximum Gasteiger partial charge on any atom is 0.460 e. The van der Waals surface area contributed by atoms with Crippen LogP contribution in [0.3, 0.4) is 0 Å². The fourth-order valence-corrected chi connectivity index (χ4v) is 4.98. The molecule has 0 amide bonds. The molecule has 0 spiro atoms. The molecule has 65 heavy (non-hydrogen) atoms. The third kappa shape index (κ3) is 11.0. The first-order valence-electron chi connectivity index (χ1n) is 17.4. The van der Waals surface area contributed by atoms with Crippen LogP contribution in [-0.4, -0.2) is 95.7 Å². The molecule has 1 aromatic carbocycles. The lowest BCUT2D eigenvalue weighted by atomic mass is 9.92. The molecule has 0 radical (unpaired) electrons. The van der Waals surface area contributed by atoms with Crippen LogP contribution in [0, 0.1) is 10.1 Å². The first-order chi connectivity index (χ1) is 28.7. The monoisotopic (exact) mass is 1020 g/mol. The number of nitrogens with zero attached hydrogens (tertiary/aromatic N) is 1. The van der Waals surface area contributed by atoms with Crippen LogP contribution in [0.4, 0.5) is 120 Å². The number of nitro benzene ring substituents is 1. The molecule has 1 atom stereocenters. The maximum absolute atomic E-state index is 14.3. The molecule has 0 saturated carbocycles. The third-order valence-corrected chi connectivity index (χ3v) is 8.80. The summed E-state index contributed by atoms with van der Waals surface area (Å²) in [7, 11) is 0. The highest BCUT2D eigenvalue weighted by Gasteiger charge is 2.92. The molecule has 0 fully saturated rings. The quantitative estimate of drug-likeness (QED) is 0.0319. The average molecular weight is 1020 g/mol. The van der Waals surface area contributed by atoms with Crippen LogP contribution in [-0.2, 0) is 9.53 Å². The standard InChI is InChI=1S/C32H29F26NO6/c1-3-4-5-8-20(60)65-15(2)16-13-18(63-11-6-9-21(33,34)23(37,38)25(41,42)27(45,46)29(49,50)31(53,54)55)19(14-17(16)59(61)62)64-12-7-10-22(35,36)24(39,40)26(43,44)28(47,48)30(51,52)32(56,57)58/h13-15H,3-12H2,1-2H3. The van der Waals surface area contributed by atoms with Crippen molar-refractivity contribution in [2.75, 3.05) is 13.2 Å². The van der Waals surface area contributed by atoms with Gasteiger partial charge in [0.2, 0.25) is 0 Å². The molecule has 380 valence electrons. The van der Waals surface area contributed by atoms with Crippen molar-refractivity contribution in [2.45, 2.75) is 143 Å². The number of halogens is 26. The smallest absolute Gasteiger partial charge is 0.460 e. The van der Waals surface area contributed by atoms with Crippen molar-refractivity contribution in [1.82, 2.24) is 0 Å². The number of unbranched alkanes of at least 4 members (excludes halogenated alkanes) is 2. The molecular formula is C32H29F26NO6. The van der Waals surface area contributed by atoms with E-state index < -0.39 is 150 Å². The molecule has 33 heteroatoms. The highest BCUT2D eigenvalue weighted by molar-refractivity contribution is 5.70. The first-order valence-corrected chi connectivity index (χ1v) is 17.4. The molecule has 1 aromatic rings. The van der Waals surface area contributed by atoms with Gasteiger partial charge >= 0.3 is 77.5 Å². The van der Waals surface area contributed by atoms with Crippen LogP contribution in [0.15, 0.2) is 12.1 Å². The predicted molar refractivity (Wildman–Crippen MR) is 163 cm³/mol. The fraction of sp³-hybridized carbons (Fsp3) is 0.781. The molecule has 0 saturated heterocycles. The van der Waals surface area contributed by atoms with E-state index in [4.69, 9.17) is 14.2 Å². The lowest BCUT2D eigenvalue weighted by Gasteiger charge is -2.39. The Balaban J connectivity index is 3.58. The number of ether oxygens (including phenoxy) is 3. The lowest BCUT2D eigenvalue weighted by Crippen LogP contribution is -2.70. The van der Waals surface area contributed by atoms with Crippen LogP contribution in [0.1, 0.15) is 76.9 Å². The lowest BCUT2D eigenvalue weighted by molar-refractivity contribution is -0.440. The number of carbonyl (C=O) groups excluding carboxylic acids is 1. The summed E-state index contributed by atoms with van der Waals surface area (Å²) in [5, 5.41) is 11.9. The second kappa shape index (κ2) is 19.2. The minimum Gasteiger partial charge on any atom is -0.490 e. The Labute approximate surface area is 345 Å².